The Morgan fingerprint density at radius 2 is 2.10 bits per heavy atom. The fraction of sp³-hybridized carbons (Fsp3) is 0.476. The highest BCUT2D eigenvalue weighted by Gasteiger charge is 2.25. The van der Waals surface area contributed by atoms with E-state index in [-0.39, 0.29) is 31.1 Å². The van der Waals surface area contributed by atoms with Crippen molar-refractivity contribution in [3.63, 3.8) is 0 Å². The summed E-state index contributed by atoms with van der Waals surface area (Å²) in [6.45, 7) is 5.16. The summed E-state index contributed by atoms with van der Waals surface area (Å²) in [6, 6.07) is 9.68. The molecule has 2 heterocycles. The van der Waals surface area contributed by atoms with Crippen LogP contribution in [0.4, 0.5) is 5.13 Å². The Labute approximate surface area is 175 Å². The second-order valence-electron chi connectivity index (χ2n) is 7.10. The van der Waals surface area contributed by atoms with E-state index in [1.807, 2.05) is 44.2 Å². The maximum Gasteiger partial charge on any atom is 0.249 e. The minimum Gasteiger partial charge on any atom is -0.376 e. The number of carbonyl (C=O) groups is 2. The van der Waals surface area contributed by atoms with Crippen molar-refractivity contribution < 1.29 is 19.1 Å². The van der Waals surface area contributed by atoms with Crippen molar-refractivity contribution in [2.24, 2.45) is 0 Å². The minimum absolute atomic E-state index is 0.0368. The van der Waals surface area contributed by atoms with Gasteiger partial charge in [-0.15, -0.1) is 11.3 Å². The van der Waals surface area contributed by atoms with Crippen LogP contribution in [-0.2, 0) is 25.7 Å². The average Bonchev–Trinajstić information content (AvgIpc) is 3.31. The number of rotatable bonds is 9. The molecule has 1 aromatic carbocycles. The van der Waals surface area contributed by atoms with Gasteiger partial charge in [-0.05, 0) is 32.3 Å². The predicted molar refractivity (Wildman–Crippen MR) is 112 cm³/mol. The van der Waals surface area contributed by atoms with Crippen molar-refractivity contribution in [1.82, 2.24) is 9.88 Å². The molecule has 29 heavy (non-hydrogen) atoms. The first-order valence-electron chi connectivity index (χ1n) is 9.76. The number of thiazole rings is 1. The second-order valence-corrected chi connectivity index (χ2v) is 8.30. The molecule has 3 rings (SSSR count). The van der Waals surface area contributed by atoms with Crippen molar-refractivity contribution >= 4 is 28.3 Å². The Bertz CT molecular complexity index is 799. The molecule has 2 amide bonds. The van der Waals surface area contributed by atoms with Gasteiger partial charge in [0.1, 0.15) is 13.2 Å². The Morgan fingerprint density at radius 1 is 1.31 bits per heavy atom. The molecular weight excluding hydrogens is 390 g/mol. The zero-order valence-corrected chi connectivity index (χ0v) is 17.7. The van der Waals surface area contributed by atoms with Gasteiger partial charge in [0.2, 0.25) is 11.8 Å². The van der Waals surface area contributed by atoms with Crippen LogP contribution in [-0.4, -0.2) is 54.1 Å². The lowest BCUT2D eigenvalue weighted by atomic mass is 10.2. The summed E-state index contributed by atoms with van der Waals surface area (Å²) >= 11 is 1.43. The van der Waals surface area contributed by atoms with Gasteiger partial charge in [-0.2, -0.15) is 0 Å². The lowest BCUT2D eigenvalue weighted by Gasteiger charge is -2.24. The van der Waals surface area contributed by atoms with Crippen molar-refractivity contribution in [3.8, 4) is 0 Å². The van der Waals surface area contributed by atoms with Gasteiger partial charge in [0.05, 0.1) is 18.4 Å². The Morgan fingerprint density at radius 3 is 2.76 bits per heavy atom. The zero-order valence-electron chi connectivity index (χ0n) is 16.8. The number of nitrogens with one attached hydrogen (secondary N) is 1. The molecule has 1 aliphatic heterocycles. The van der Waals surface area contributed by atoms with Gasteiger partial charge in [0.15, 0.2) is 5.13 Å². The monoisotopic (exact) mass is 417 g/mol. The second kappa shape index (κ2) is 10.5. The SMILES string of the molecule is Cc1nc(NC(=O)CN(C[C@H]2CCCO2)C(=O)COCc2ccccc2)sc1C. The third kappa shape index (κ3) is 6.62. The first kappa shape index (κ1) is 21.4. The van der Waals surface area contributed by atoms with Crippen LogP contribution < -0.4 is 5.32 Å². The van der Waals surface area contributed by atoms with Crippen molar-refractivity contribution in [2.45, 2.75) is 39.4 Å². The van der Waals surface area contributed by atoms with Gasteiger partial charge in [-0.25, -0.2) is 4.98 Å². The van der Waals surface area contributed by atoms with E-state index in [9.17, 15) is 9.59 Å². The molecule has 0 bridgehead atoms. The van der Waals surface area contributed by atoms with Gasteiger partial charge < -0.3 is 19.7 Å². The number of ether oxygens (including phenoxy) is 2. The molecule has 8 heteroatoms. The maximum atomic E-state index is 12.7. The lowest BCUT2D eigenvalue weighted by molar-refractivity contribution is -0.140. The average molecular weight is 418 g/mol. The summed E-state index contributed by atoms with van der Waals surface area (Å²) in [5, 5.41) is 3.34. The number of anilines is 1. The predicted octanol–water partition coefficient (Wildman–Crippen LogP) is 2.92. The van der Waals surface area contributed by atoms with Crippen LogP contribution in [0.5, 0.6) is 0 Å². The van der Waals surface area contributed by atoms with Crippen LogP contribution in [0.2, 0.25) is 0 Å². The molecule has 0 aliphatic carbocycles. The number of hydrogen-bond donors (Lipinski definition) is 1. The number of hydrogen-bond acceptors (Lipinski definition) is 6. The molecule has 0 radical (unpaired) electrons. The lowest BCUT2D eigenvalue weighted by Crippen LogP contribution is -2.43. The van der Waals surface area contributed by atoms with Gasteiger partial charge in [-0.1, -0.05) is 30.3 Å². The fourth-order valence-electron chi connectivity index (χ4n) is 3.07. The highest BCUT2D eigenvalue weighted by atomic mass is 32.1. The summed E-state index contributed by atoms with van der Waals surface area (Å²) in [4.78, 5) is 32.1. The summed E-state index contributed by atoms with van der Waals surface area (Å²) in [7, 11) is 0. The van der Waals surface area contributed by atoms with Crippen molar-refractivity contribution in [2.75, 3.05) is 31.6 Å². The molecule has 0 spiro atoms. The van der Waals surface area contributed by atoms with Crippen LogP contribution in [0, 0.1) is 13.8 Å². The number of aromatic nitrogens is 1. The summed E-state index contributed by atoms with van der Waals surface area (Å²) in [5.74, 6) is -0.494. The van der Waals surface area contributed by atoms with Crippen molar-refractivity contribution in [3.05, 3.63) is 46.5 Å². The van der Waals surface area contributed by atoms with E-state index >= 15 is 0 Å². The summed E-state index contributed by atoms with van der Waals surface area (Å²) in [5.41, 5.74) is 1.89. The van der Waals surface area contributed by atoms with Crippen LogP contribution in [0.15, 0.2) is 30.3 Å². The Balaban J connectivity index is 1.55. The largest absolute Gasteiger partial charge is 0.376 e. The summed E-state index contributed by atoms with van der Waals surface area (Å²) < 4.78 is 11.2. The van der Waals surface area contributed by atoms with Crippen LogP contribution in [0.25, 0.3) is 0 Å². The highest BCUT2D eigenvalue weighted by molar-refractivity contribution is 7.15. The third-order valence-corrected chi connectivity index (χ3v) is 5.74. The third-order valence-electron chi connectivity index (χ3n) is 4.75. The van der Waals surface area contributed by atoms with E-state index in [1.54, 1.807) is 0 Å². The molecular formula is C21H27N3O4S. The normalized spacial score (nSPS) is 16.0. The van der Waals surface area contributed by atoms with E-state index < -0.39 is 0 Å². The standard InChI is InChI=1S/C21H27N3O4S/c1-15-16(2)29-21(22-15)23-19(25)12-24(11-18-9-6-10-28-18)20(26)14-27-13-17-7-4-3-5-8-17/h3-5,7-8,18H,6,9-14H2,1-2H3,(H,22,23,25)/t18-/m1/s1. The van der Waals surface area contributed by atoms with Crippen molar-refractivity contribution in [1.29, 1.82) is 0 Å². The smallest absolute Gasteiger partial charge is 0.249 e. The molecule has 0 unspecified atom stereocenters. The van der Waals surface area contributed by atoms with E-state index in [0.29, 0.717) is 24.9 Å². The molecule has 1 atom stereocenters. The number of nitrogens with zero attached hydrogens (tertiary/aromatic N) is 2. The Hall–Kier alpha value is -2.29. The van der Waals surface area contributed by atoms with E-state index in [0.717, 1.165) is 29.0 Å². The number of aryl methyl sites for hydroxylation is 2. The van der Waals surface area contributed by atoms with Gasteiger partial charge in [0.25, 0.3) is 0 Å². The number of carbonyl (C=O) groups excluding carboxylic acids is 2. The molecule has 1 N–H and O–H groups in total. The topological polar surface area (TPSA) is 80.8 Å². The molecule has 156 valence electrons. The quantitative estimate of drug-likeness (QED) is 0.679. The molecule has 0 saturated carbocycles. The molecule has 7 nitrogen and oxygen atoms in total. The minimum atomic E-state index is -0.270. The van der Waals surface area contributed by atoms with Crippen LogP contribution >= 0.6 is 11.3 Å². The van der Waals surface area contributed by atoms with E-state index in [4.69, 9.17) is 9.47 Å². The molecule has 1 aromatic heterocycles. The van der Waals surface area contributed by atoms with Gasteiger partial charge in [0, 0.05) is 18.0 Å². The Kier molecular flexibility index (Phi) is 7.74. The molecule has 1 saturated heterocycles. The van der Waals surface area contributed by atoms with Gasteiger partial charge >= 0.3 is 0 Å². The van der Waals surface area contributed by atoms with Crippen LogP contribution in [0.3, 0.4) is 0 Å². The molecule has 1 aliphatic rings. The van der Waals surface area contributed by atoms with E-state index in [2.05, 4.69) is 10.3 Å². The highest BCUT2D eigenvalue weighted by Crippen LogP contribution is 2.21. The zero-order chi connectivity index (χ0) is 20.6. The van der Waals surface area contributed by atoms with Crippen LogP contribution in [0.1, 0.15) is 29.0 Å². The first-order chi connectivity index (χ1) is 14.0. The number of amides is 2. The molecule has 1 fully saturated rings. The maximum absolute atomic E-state index is 12.7. The number of benzene rings is 1. The fourth-order valence-corrected chi connectivity index (χ4v) is 3.90. The van der Waals surface area contributed by atoms with E-state index in [1.165, 1.54) is 16.2 Å². The first-order valence-corrected chi connectivity index (χ1v) is 10.6. The van der Waals surface area contributed by atoms with Gasteiger partial charge in [-0.3, -0.25) is 9.59 Å². The summed E-state index contributed by atoms with van der Waals surface area (Å²) in [6.07, 6.45) is 1.83. The molecule has 2 aromatic rings.